The summed E-state index contributed by atoms with van der Waals surface area (Å²) in [6.07, 6.45) is 7.64. The standard InChI is InChI=1S/C14H15N7S/c15-14-19-10(11(22-14)12-16-4-3-5-17-12)9-8-18-20-13(9)21-6-1-2-7-21/h3-5,8H,1-2,6-7H2,(H2,15,19)(H,18,20). The molecule has 3 aromatic rings. The van der Waals surface area contributed by atoms with E-state index in [1.165, 1.54) is 24.2 Å². The molecule has 3 N–H and O–H groups in total. The van der Waals surface area contributed by atoms with Gasteiger partial charge in [-0.25, -0.2) is 15.0 Å². The highest BCUT2D eigenvalue weighted by atomic mass is 32.1. The third-order valence-electron chi connectivity index (χ3n) is 3.71. The molecule has 3 aromatic heterocycles. The lowest BCUT2D eigenvalue weighted by Gasteiger charge is -2.16. The summed E-state index contributed by atoms with van der Waals surface area (Å²) in [7, 11) is 0. The van der Waals surface area contributed by atoms with Crippen LogP contribution in [-0.2, 0) is 0 Å². The molecule has 0 aromatic carbocycles. The van der Waals surface area contributed by atoms with E-state index in [2.05, 4.69) is 30.0 Å². The lowest BCUT2D eigenvalue weighted by atomic mass is 10.2. The van der Waals surface area contributed by atoms with E-state index in [9.17, 15) is 0 Å². The molecule has 1 aliphatic rings. The van der Waals surface area contributed by atoms with Gasteiger partial charge in [-0.1, -0.05) is 11.3 Å². The minimum absolute atomic E-state index is 0.506. The number of hydrogen-bond donors (Lipinski definition) is 2. The Balaban J connectivity index is 1.82. The highest BCUT2D eigenvalue weighted by Gasteiger charge is 2.23. The number of anilines is 2. The van der Waals surface area contributed by atoms with Gasteiger partial charge in [0.2, 0.25) is 0 Å². The third kappa shape index (κ3) is 2.21. The number of rotatable bonds is 3. The number of hydrogen-bond acceptors (Lipinski definition) is 7. The van der Waals surface area contributed by atoms with Crippen molar-refractivity contribution in [2.24, 2.45) is 0 Å². The fraction of sp³-hybridized carbons (Fsp3) is 0.286. The summed E-state index contributed by atoms with van der Waals surface area (Å²) < 4.78 is 0. The second-order valence-electron chi connectivity index (χ2n) is 5.13. The van der Waals surface area contributed by atoms with Gasteiger partial charge >= 0.3 is 0 Å². The predicted octanol–water partition coefficient (Wildman–Crippen LogP) is 2.17. The fourth-order valence-electron chi connectivity index (χ4n) is 2.72. The van der Waals surface area contributed by atoms with E-state index in [0.29, 0.717) is 11.0 Å². The summed E-state index contributed by atoms with van der Waals surface area (Å²) in [5, 5.41) is 7.80. The van der Waals surface area contributed by atoms with Crippen LogP contribution in [0.4, 0.5) is 10.9 Å². The zero-order valence-electron chi connectivity index (χ0n) is 11.9. The molecule has 1 saturated heterocycles. The monoisotopic (exact) mass is 313 g/mol. The number of H-pyrrole nitrogens is 1. The minimum atomic E-state index is 0.506. The van der Waals surface area contributed by atoms with Crippen molar-refractivity contribution in [3.8, 4) is 22.0 Å². The number of thiazole rings is 1. The smallest absolute Gasteiger partial charge is 0.181 e. The number of aromatic amines is 1. The summed E-state index contributed by atoms with van der Waals surface area (Å²) >= 11 is 1.40. The number of nitrogens with two attached hydrogens (primary N) is 1. The largest absolute Gasteiger partial charge is 0.375 e. The van der Waals surface area contributed by atoms with Crippen molar-refractivity contribution in [2.45, 2.75) is 12.8 Å². The summed E-state index contributed by atoms with van der Waals surface area (Å²) in [4.78, 5) is 16.3. The van der Waals surface area contributed by atoms with Gasteiger partial charge < -0.3 is 10.6 Å². The van der Waals surface area contributed by atoms with E-state index in [1.54, 1.807) is 24.7 Å². The Morgan fingerprint density at radius 2 is 1.95 bits per heavy atom. The van der Waals surface area contributed by atoms with Crippen molar-refractivity contribution < 1.29 is 0 Å². The van der Waals surface area contributed by atoms with E-state index < -0.39 is 0 Å². The maximum atomic E-state index is 5.93. The van der Waals surface area contributed by atoms with Crippen LogP contribution in [0.2, 0.25) is 0 Å². The van der Waals surface area contributed by atoms with E-state index in [0.717, 1.165) is 35.0 Å². The molecule has 4 rings (SSSR count). The summed E-state index contributed by atoms with van der Waals surface area (Å²) in [5.74, 6) is 1.64. The first-order valence-corrected chi connectivity index (χ1v) is 7.97. The summed E-state index contributed by atoms with van der Waals surface area (Å²) in [6.45, 7) is 2.07. The molecule has 0 unspecified atom stereocenters. The molecule has 22 heavy (non-hydrogen) atoms. The van der Waals surface area contributed by atoms with Gasteiger partial charge in [-0.15, -0.1) is 0 Å². The molecular weight excluding hydrogens is 298 g/mol. The van der Waals surface area contributed by atoms with Crippen LogP contribution < -0.4 is 10.6 Å². The van der Waals surface area contributed by atoms with Crippen molar-refractivity contribution in [1.29, 1.82) is 0 Å². The van der Waals surface area contributed by atoms with Gasteiger partial charge in [0.15, 0.2) is 11.0 Å². The number of nitrogen functional groups attached to an aromatic ring is 1. The molecule has 0 radical (unpaired) electrons. The first kappa shape index (κ1) is 13.2. The average Bonchev–Trinajstić information content (AvgIpc) is 3.27. The SMILES string of the molecule is Nc1nc(-c2cn[nH]c2N2CCCC2)c(-c2ncccn2)s1. The zero-order valence-corrected chi connectivity index (χ0v) is 12.7. The second-order valence-corrected chi connectivity index (χ2v) is 6.16. The van der Waals surface area contributed by atoms with E-state index in [-0.39, 0.29) is 0 Å². The Hall–Kier alpha value is -2.48. The lowest BCUT2D eigenvalue weighted by molar-refractivity contribution is 0.921. The fourth-order valence-corrected chi connectivity index (χ4v) is 3.52. The Labute approximate surface area is 131 Å². The normalized spacial score (nSPS) is 14.6. The average molecular weight is 313 g/mol. The second kappa shape index (κ2) is 5.38. The van der Waals surface area contributed by atoms with Gasteiger partial charge in [-0.3, -0.25) is 5.10 Å². The van der Waals surface area contributed by atoms with Crippen molar-refractivity contribution in [3.05, 3.63) is 24.7 Å². The van der Waals surface area contributed by atoms with Crippen molar-refractivity contribution >= 4 is 22.3 Å². The molecule has 7 nitrogen and oxygen atoms in total. The van der Waals surface area contributed by atoms with Gasteiger partial charge in [0.05, 0.1) is 17.5 Å². The maximum absolute atomic E-state index is 5.93. The number of nitrogens with one attached hydrogen (secondary N) is 1. The summed E-state index contributed by atoms with van der Waals surface area (Å²) in [6, 6.07) is 1.79. The van der Waals surface area contributed by atoms with Crippen LogP contribution in [0.3, 0.4) is 0 Å². The Morgan fingerprint density at radius 1 is 1.18 bits per heavy atom. The molecule has 112 valence electrons. The molecule has 0 bridgehead atoms. The first-order valence-electron chi connectivity index (χ1n) is 7.15. The Morgan fingerprint density at radius 3 is 2.73 bits per heavy atom. The molecule has 1 aliphatic heterocycles. The van der Waals surface area contributed by atoms with Crippen molar-refractivity contribution in [1.82, 2.24) is 25.1 Å². The van der Waals surface area contributed by atoms with Crippen LogP contribution in [0, 0.1) is 0 Å². The van der Waals surface area contributed by atoms with Crippen LogP contribution >= 0.6 is 11.3 Å². The maximum Gasteiger partial charge on any atom is 0.181 e. The van der Waals surface area contributed by atoms with E-state index in [1.807, 2.05) is 0 Å². The molecule has 0 amide bonds. The lowest BCUT2D eigenvalue weighted by Crippen LogP contribution is -2.18. The van der Waals surface area contributed by atoms with Gasteiger partial charge in [-0.05, 0) is 18.9 Å². The van der Waals surface area contributed by atoms with Crippen LogP contribution in [0.25, 0.3) is 22.0 Å². The molecule has 8 heteroatoms. The van der Waals surface area contributed by atoms with Crippen molar-refractivity contribution in [3.63, 3.8) is 0 Å². The van der Waals surface area contributed by atoms with E-state index in [4.69, 9.17) is 5.73 Å². The van der Waals surface area contributed by atoms with Gasteiger partial charge in [0, 0.05) is 25.5 Å². The Kier molecular flexibility index (Phi) is 3.23. The van der Waals surface area contributed by atoms with Crippen LogP contribution in [-0.4, -0.2) is 38.2 Å². The van der Waals surface area contributed by atoms with Crippen LogP contribution in [0.1, 0.15) is 12.8 Å². The molecule has 0 atom stereocenters. The highest BCUT2D eigenvalue weighted by molar-refractivity contribution is 7.19. The van der Waals surface area contributed by atoms with Crippen molar-refractivity contribution in [2.75, 3.05) is 23.7 Å². The molecule has 4 heterocycles. The Bertz CT molecular complexity index is 774. The zero-order chi connectivity index (χ0) is 14.9. The molecule has 0 saturated carbocycles. The van der Waals surface area contributed by atoms with E-state index >= 15 is 0 Å². The van der Waals surface area contributed by atoms with Gasteiger partial charge in [0.1, 0.15) is 10.7 Å². The minimum Gasteiger partial charge on any atom is -0.375 e. The summed E-state index contributed by atoms with van der Waals surface area (Å²) in [5.41, 5.74) is 7.69. The van der Waals surface area contributed by atoms with Crippen LogP contribution in [0.15, 0.2) is 24.7 Å². The van der Waals surface area contributed by atoms with Crippen LogP contribution in [0.5, 0.6) is 0 Å². The third-order valence-corrected chi connectivity index (χ3v) is 4.59. The van der Waals surface area contributed by atoms with Gasteiger partial charge in [0.25, 0.3) is 0 Å². The molecule has 0 aliphatic carbocycles. The first-order chi connectivity index (χ1) is 10.8. The molecular formula is C14H15N7S. The molecule has 1 fully saturated rings. The molecule has 0 spiro atoms. The highest BCUT2D eigenvalue weighted by Crippen LogP contribution is 2.39. The quantitative estimate of drug-likeness (QED) is 0.769. The number of nitrogens with zero attached hydrogens (tertiary/aromatic N) is 5. The number of aromatic nitrogens is 5. The van der Waals surface area contributed by atoms with Gasteiger partial charge in [-0.2, -0.15) is 5.10 Å². The predicted molar refractivity (Wildman–Crippen MR) is 86.6 cm³/mol. The topological polar surface area (TPSA) is 96.6 Å².